The van der Waals surface area contributed by atoms with Crippen LogP contribution in [0.3, 0.4) is 0 Å². The number of carbonyl (C=O) groups excluding carboxylic acids is 1. The van der Waals surface area contributed by atoms with Gasteiger partial charge in [-0.1, -0.05) is 26.8 Å². The van der Waals surface area contributed by atoms with Crippen LogP contribution in [-0.2, 0) is 5.41 Å². The number of pyridine rings is 1. The van der Waals surface area contributed by atoms with E-state index in [-0.39, 0.29) is 17.2 Å². The quantitative estimate of drug-likeness (QED) is 0.813. The summed E-state index contributed by atoms with van der Waals surface area (Å²) in [5, 5.41) is 9.00. The molecule has 2 aromatic heterocycles. The Morgan fingerprint density at radius 2 is 2.00 bits per heavy atom. The van der Waals surface area contributed by atoms with Crippen molar-refractivity contribution in [2.24, 2.45) is 5.92 Å². The van der Waals surface area contributed by atoms with Gasteiger partial charge >= 0.3 is 0 Å². The highest BCUT2D eigenvalue weighted by molar-refractivity contribution is 5.99. The van der Waals surface area contributed by atoms with Crippen molar-refractivity contribution in [2.45, 2.75) is 39.0 Å². The van der Waals surface area contributed by atoms with Gasteiger partial charge < -0.3 is 9.30 Å². The van der Waals surface area contributed by atoms with Crippen LogP contribution < -0.4 is 0 Å². The lowest BCUT2D eigenvalue weighted by Gasteiger charge is -2.28. The molecule has 0 radical (unpaired) electrons. The second-order valence-corrected chi connectivity index (χ2v) is 7.19. The van der Waals surface area contributed by atoms with Crippen molar-refractivity contribution in [1.29, 1.82) is 5.26 Å². The third kappa shape index (κ3) is 2.81. The SMILES string of the molecule is CC(C)(C)c1nc(C(=O)N2CCC(C#N)CC2)c2ccccn12. The van der Waals surface area contributed by atoms with Gasteiger partial charge in [0, 0.05) is 30.6 Å². The molecule has 3 rings (SSSR count). The first-order chi connectivity index (χ1) is 10.9. The maximum absolute atomic E-state index is 12.9. The normalized spacial score (nSPS) is 16.5. The Bertz CT molecular complexity index is 770. The monoisotopic (exact) mass is 310 g/mol. The van der Waals surface area contributed by atoms with Gasteiger partial charge in [-0.15, -0.1) is 0 Å². The van der Waals surface area contributed by atoms with E-state index in [9.17, 15) is 4.79 Å². The van der Waals surface area contributed by atoms with Crippen LogP contribution in [0.15, 0.2) is 24.4 Å². The van der Waals surface area contributed by atoms with E-state index in [1.165, 1.54) is 0 Å². The lowest BCUT2D eigenvalue weighted by molar-refractivity contribution is 0.0703. The Kier molecular flexibility index (Phi) is 3.85. The van der Waals surface area contributed by atoms with Crippen LogP contribution in [0.1, 0.15) is 49.9 Å². The van der Waals surface area contributed by atoms with Crippen molar-refractivity contribution >= 4 is 11.4 Å². The predicted octanol–water partition coefficient (Wildman–Crippen LogP) is 3.01. The summed E-state index contributed by atoms with van der Waals surface area (Å²) in [6.07, 6.45) is 3.46. The summed E-state index contributed by atoms with van der Waals surface area (Å²) < 4.78 is 2.01. The van der Waals surface area contributed by atoms with Gasteiger partial charge in [-0.3, -0.25) is 4.79 Å². The zero-order valence-corrected chi connectivity index (χ0v) is 13.9. The average molecular weight is 310 g/mol. The molecule has 1 aliphatic rings. The van der Waals surface area contributed by atoms with Crippen molar-refractivity contribution in [3.8, 4) is 6.07 Å². The van der Waals surface area contributed by atoms with E-state index in [1.807, 2.05) is 33.7 Å². The topological polar surface area (TPSA) is 61.4 Å². The minimum atomic E-state index is -0.142. The van der Waals surface area contributed by atoms with Gasteiger partial charge in [0.15, 0.2) is 5.69 Å². The Morgan fingerprint density at radius 1 is 1.30 bits per heavy atom. The van der Waals surface area contributed by atoms with Gasteiger partial charge in [-0.2, -0.15) is 5.26 Å². The number of fused-ring (bicyclic) bond motifs is 1. The number of carbonyl (C=O) groups is 1. The van der Waals surface area contributed by atoms with Crippen LogP contribution in [-0.4, -0.2) is 33.3 Å². The first kappa shape index (κ1) is 15.5. The Balaban J connectivity index is 1.97. The molecule has 0 aliphatic carbocycles. The predicted molar refractivity (Wildman–Crippen MR) is 88.1 cm³/mol. The standard InChI is InChI=1S/C18H22N4O/c1-18(2,3)17-20-15(14-6-4-5-9-22(14)17)16(23)21-10-7-13(12-19)8-11-21/h4-6,9,13H,7-8,10-11H2,1-3H3. The molecule has 1 aliphatic heterocycles. The van der Waals surface area contributed by atoms with Gasteiger partial charge in [0.25, 0.3) is 5.91 Å². The van der Waals surface area contributed by atoms with Gasteiger partial charge in [0.1, 0.15) is 5.82 Å². The molecule has 5 heteroatoms. The summed E-state index contributed by atoms with van der Waals surface area (Å²) in [6, 6.07) is 8.13. The number of rotatable bonds is 1. The highest BCUT2D eigenvalue weighted by Gasteiger charge is 2.29. The summed E-state index contributed by atoms with van der Waals surface area (Å²) in [4.78, 5) is 19.4. The molecule has 120 valence electrons. The smallest absolute Gasteiger partial charge is 0.274 e. The first-order valence-electron chi connectivity index (χ1n) is 8.08. The molecule has 0 unspecified atom stereocenters. The fourth-order valence-electron chi connectivity index (χ4n) is 3.09. The van der Waals surface area contributed by atoms with Gasteiger partial charge in [-0.05, 0) is 25.0 Å². The summed E-state index contributed by atoms with van der Waals surface area (Å²) in [5.41, 5.74) is 1.23. The number of nitrogens with zero attached hydrogens (tertiary/aromatic N) is 4. The minimum Gasteiger partial charge on any atom is -0.337 e. The zero-order valence-electron chi connectivity index (χ0n) is 13.9. The molecule has 2 aromatic rings. The molecule has 1 saturated heterocycles. The van der Waals surface area contributed by atoms with E-state index in [1.54, 1.807) is 0 Å². The molecule has 0 aromatic carbocycles. The molecule has 0 N–H and O–H groups in total. The van der Waals surface area contributed by atoms with Crippen molar-refractivity contribution in [1.82, 2.24) is 14.3 Å². The summed E-state index contributed by atoms with van der Waals surface area (Å²) in [7, 11) is 0. The van der Waals surface area contributed by atoms with E-state index in [4.69, 9.17) is 5.26 Å². The van der Waals surface area contributed by atoms with Gasteiger partial charge in [0.05, 0.1) is 11.6 Å². The summed E-state index contributed by atoms with van der Waals surface area (Å²) >= 11 is 0. The Hall–Kier alpha value is -2.35. The molecular formula is C18H22N4O. The largest absolute Gasteiger partial charge is 0.337 e. The molecule has 3 heterocycles. The van der Waals surface area contributed by atoms with Crippen LogP contribution in [0.4, 0.5) is 0 Å². The Labute approximate surface area is 136 Å². The zero-order chi connectivity index (χ0) is 16.6. The molecule has 1 fully saturated rings. The van der Waals surface area contributed by atoms with Gasteiger partial charge in [0.2, 0.25) is 0 Å². The van der Waals surface area contributed by atoms with E-state index in [2.05, 4.69) is 31.8 Å². The number of amides is 1. The van der Waals surface area contributed by atoms with E-state index >= 15 is 0 Å². The molecule has 23 heavy (non-hydrogen) atoms. The number of piperidine rings is 1. The number of nitriles is 1. The van der Waals surface area contributed by atoms with Gasteiger partial charge in [-0.25, -0.2) is 4.98 Å². The van der Waals surface area contributed by atoms with Crippen LogP contribution in [0.5, 0.6) is 0 Å². The molecule has 0 bridgehead atoms. The van der Waals surface area contributed by atoms with Crippen molar-refractivity contribution in [3.05, 3.63) is 35.9 Å². The second kappa shape index (κ2) is 5.69. The van der Waals surface area contributed by atoms with E-state index in [0.717, 1.165) is 24.2 Å². The number of imidazole rings is 1. The minimum absolute atomic E-state index is 0.0272. The van der Waals surface area contributed by atoms with Crippen molar-refractivity contribution < 1.29 is 4.79 Å². The van der Waals surface area contributed by atoms with E-state index < -0.39 is 0 Å². The molecule has 1 amide bonds. The third-order valence-corrected chi connectivity index (χ3v) is 4.39. The number of aromatic nitrogens is 2. The average Bonchev–Trinajstić information content (AvgIpc) is 2.94. The van der Waals surface area contributed by atoms with Crippen LogP contribution in [0, 0.1) is 17.2 Å². The fourth-order valence-corrected chi connectivity index (χ4v) is 3.09. The van der Waals surface area contributed by atoms with Crippen molar-refractivity contribution in [2.75, 3.05) is 13.1 Å². The van der Waals surface area contributed by atoms with Crippen LogP contribution >= 0.6 is 0 Å². The maximum atomic E-state index is 12.9. The fraction of sp³-hybridized carbons (Fsp3) is 0.500. The number of hydrogen-bond donors (Lipinski definition) is 0. The molecule has 5 nitrogen and oxygen atoms in total. The van der Waals surface area contributed by atoms with E-state index in [0.29, 0.717) is 18.8 Å². The lowest BCUT2D eigenvalue weighted by atomic mass is 9.96. The van der Waals surface area contributed by atoms with Crippen molar-refractivity contribution in [3.63, 3.8) is 0 Å². The molecule has 0 spiro atoms. The second-order valence-electron chi connectivity index (χ2n) is 7.19. The lowest BCUT2D eigenvalue weighted by Crippen LogP contribution is -2.38. The van der Waals surface area contributed by atoms with Crippen LogP contribution in [0.25, 0.3) is 5.52 Å². The number of hydrogen-bond acceptors (Lipinski definition) is 3. The maximum Gasteiger partial charge on any atom is 0.274 e. The summed E-state index contributed by atoms with van der Waals surface area (Å²) in [5.74, 6) is 0.937. The van der Waals surface area contributed by atoms with Crippen LogP contribution in [0.2, 0.25) is 0 Å². The Morgan fingerprint density at radius 3 is 2.61 bits per heavy atom. The summed E-state index contributed by atoms with van der Waals surface area (Å²) in [6.45, 7) is 7.56. The molecular weight excluding hydrogens is 288 g/mol. The highest BCUT2D eigenvalue weighted by Crippen LogP contribution is 2.26. The molecule has 0 saturated carbocycles. The third-order valence-electron chi connectivity index (χ3n) is 4.39. The first-order valence-corrected chi connectivity index (χ1v) is 8.08. The number of likely N-dealkylation sites (tertiary alicyclic amines) is 1. The highest BCUT2D eigenvalue weighted by atomic mass is 16.2. The molecule has 0 atom stereocenters.